The maximum Gasteiger partial charge on any atom is 0.391 e. The van der Waals surface area contributed by atoms with Gasteiger partial charge in [0.25, 0.3) is 0 Å². The van der Waals surface area contributed by atoms with Gasteiger partial charge in [-0.2, -0.15) is 0 Å². The molecular weight excluding hydrogens is 270 g/mol. The van der Waals surface area contributed by atoms with Gasteiger partial charge in [0.05, 0.1) is 0 Å². The molecule has 109 valence electrons. The predicted molar refractivity (Wildman–Crippen MR) is 90.8 cm³/mol. The fourth-order valence-electron chi connectivity index (χ4n) is 4.71. The van der Waals surface area contributed by atoms with Crippen LogP contribution in [0.3, 0.4) is 0 Å². The number of hydrogen-bond donors (Lipinski definition) is 0. The van der Waals surface area contributed by atoms with E-state index in [1.54, 1.807) is 0 Å². The molecule has 0 saturated heterocycles. The van der Waals surface area contributed by atoms with Crippen LogP contribution in [0.25, 0.3) is 0 Å². The molecule has 4 rings (SSSR count). The summed E-state index contributed by atoms with van der Waals surface area (Å²) in [6.45, 7) is 2.37. The average molecular weight is 289 g/mol. The van der Waals surface area contributed by atoms with E-state index in [0.29, 0.717) is 36.7 Å². The van der Waals surface area contributed by atoms with Gasteiger partial charge < -0.3 is 4.32 Å². The maximum atomic E-state index is 12.7. The summed E-state index contributed by atoms with van der Waals surface area (Å²) in [6.07, 6.45) is 18.2. The fourth-order valence-corrected chi connectivity index (χ4v) is 4.71. The van der Waals surface area contributed by atoms with Crippen molar-refractivity contribution in [3.63, 3.8) is 0 Å². The Morgan fingerprint density at radius 2 is 1.32 bits per heavy atom. The molecule has 0 amide bonds. The monoisotopic (exact) mass is 289 g/mol. The minimum Gasteiger partial charge on any atom is -0.335 e. The van der Waals surface area contributed by atoms with Crippen LogP contribution >= 0.6 is 0 Å². The van der Waals surface area contributed by atoms with Gasteiger partial charge in [-0.15, -0.1) is 0 Å². The van der Waals surface area contributed by atoms with Gasteiger partial charge >= 0.3 is 7.56 Å². The molecule has 22 heavy (non-hydrogen) atoms. The van der Waals surface area contributed by atoms with Gasteiger partial charge in [-0.25, -0.2) is 0 Å². The Hall–Kier alpha value is -1.83. The van der Waals surface area contributed by atoms with Crippen LogP contribution in [0.2, 0.25) is 0 Å². The van der Waals surface area contributed by atoms with E-state index in [9.17, 15) is 4.32 Å². The van der Waals surface area contributed by atoms with Crippen LogP contribution in [0.4, 0.5) is 4.32 Å². The topological polar surface area (TPSA) is 0 Å². The highest BCUT2D eigenvalue weighted by Gasteiger charge is 2.55. The van der Waals surface area contributed by atoms with Crippen molar-refractivity contribution < 1.29 is 4.32 Å². The molecule has 1 saturated carbocycles. The Morgan fingerprint density at radius 1 is 0.818 bits per heavy atom. The Morgan fingerprint density at radius 3 is 1.82 bits per heavy atom. The third kappa shape index (κ3) is 1.83. The third-order valence-corrected chi connectivity index (χ3v) is 5.84. The van der Waals surface area contributed by atoms with Crippen molar-refractivity contribution >= 4 is 13.0 Å². The largest absolute Gasteiger partial charge is 0.391 e. The lowest BCUT2D eigenvalue weighted by Gasteiger charge is -2.37. The first kappa shape index (κ1) is 13.8. The molecule has 0 N–H and O–H groups in total. The van der Waals surface area contributed by atoms with Gasteiger partial charge in [-0.05, 0) is 34.7 Å². The summed E-state index contributed by atoms with van der Waals surface area (Å²) in [5, 5.41) is 0. The van der Waals surface area contributed by atoms with Gasteiger partial charge in [-0.1, -0.05) is 79.8 Å². The summed E-state index contributed by atoms with van der Waals surface area (Å²) in [6, 6.07) is 7.97. The smallest absolute Gasteiger partial charge is 0.335 e. The van der Waals surface area contributed by atoms with Crippen molar-refractivity contribution in [2.45, 2.75) is 12.3 Å². The second-order valence-electron chi connectivity index (χ2n) is 6.76. The van der Waals surface area contributed by atoms with Crippen molar-refractivity contribution in [1.82, 2.24) is 0 Å². The van der Waals surface area contributed by atoms with E-state index in [-0.39, 0.29) is 5.41 Å². The highest BCUT2D eigenvalue weighted by molar-refractivity contribution is 6.46. The number of halogens is 1. The van der Waals surface area contributed by atoms with Crippen LogP contribution in [-0.4, -0.2) is 7.56 Å². The number of rotatable bonds is 2. The third-order valence-electron chi connectivity index (χ3n) is 5.84. The van der Waals surface area contributed by atoms with Crippen LogP contribution in [0.15, 0.2) is 72.9 Å². The molecule has 1 fully saturated rings. The molecule has 0 bridgehead atoms. The summed E-state index contributed by atoms with van der Waals surface area (Å²) >= 11 is 0. The van der Waals surface area contributed by atoms with Crippen molar-refractivity contribution in [2.75, 3.05) is 0 Å². The molecule has 3 aliphatic carbocycles. The first-order valence-corrected chi connectivity index (χ1v) is 7.99. The van der Waals surface area contributed by atoms with Gasteiger partial charge in [0.15, 0.2) is 0 Å². The van der Waals surface area contributed by atoms with E-state index < -0.39 is 0 Å². The molecule has 0 aliphatic heterocycles. The molecule has 2 heteroatoms. The molecule has 1 aromatic carbocycles. The molecule has 1 radical (unpaired) electrons. The minimum atomic E-state index is 0.0483. The standard InChI is InChI=1S/C20H19BF/c1-20(14-10-12-15(21-22)13-11-14)18-8-4-2-6-16(18)17-7-3-5-9-19(17)20/h2-13,16-19H,1H3. The van der Waals surface area contributed by atoms with E-state index in [1.807, 2.05) is 12.1 Å². The van der Waals surface area contributed by atoms with Crippen LogP contribution in [-0.2, 0) is 5.41 Å². The second kappa shape index (κ2) is 5.12. The van der Waals surface area contributed by atoms with Crippen LogP contribution in [0.5, 0.6) is 0 Å². The maximum absolute atomic E-state index is 12.7. The van der Waals surface area contributed by atoms with Gasteiger partial charge in [0.1, 0.15) is 0 Å². The second-order valence-corrected chi connectivity index (χ2v) is 6.76. The number of allylic oxidation sites excluding steroid dienone is 8. The highest BCUT2D eigenvalue weighted by atomic mass is 19.1. The molecular formula is C20H19BF. The fraction of sp³-hybridized carbons (Fsp3) is 0.300. The summed E-state index contributed by atoms with van der Waals surface area (Å²) in [5.74, 6) is 2.07. The minimum absolute atomic E-state index is 0.0483. The summed E-state index contributed by atoms with van der Waals surface area (Å²) in [4.78, 5) is 0. The quantitative estimate of drug-likeness (QED) is 0.725. The Bertz CT molecular complexity index is 646. The van der Waals surface area contributed by atoms with Gasteiger partial charge in [0.2, 0.25) is 0 Å². The number of fused-ring (bicyclic) bond motifs is 3. The molecule has 0 aromatic heterocycles. The molecule has 0 nitrogen and oxygen atoms in total. The average Bonchev–Trinajstić information content (AvgIpc) is 2.86. The lowest BCUT2D eigenvalue weighted by molar-refractivity contribution is 0.328. The lowest BCUT2D eigenvalue weighted by Crippen LogP contribution is -2.34. The molecule has 1 aromatic rings. The zero-order valence-corrected chi connectivity index (χ0v) is 12.7. The van der Waals surface area contributed by atoms with E-state index in [1.165, 1.54) is 5.56 Å². The first-order chi connectivity index (χ1) is 10.7. The normalized spacial score (nSPS) is 37.9. The summed E-state index contributed by atoms with van der Waals surface area (Å²) in [5.41, 5.74) is 1.99. The van der Waals surface area contributed by atoms with Crippen LogP contribution in [0, 0.1) is 23.7 Å². The highest BCUT2D eigenvalue weighted by Crippen LogP contribution is 2.58. The van der Waals surface area contributed by atoms with Crippen molar-refractivity contribution in [1.29, 1.82) is 0 Å². The predicted octanol–water partition coefficient (Wildman–Crippen LogP) is 3.89. The number of hydrogen-bond acceptors (Lipinski definition) is 0. The number of benzene rings is 1. The Balaban J connectivity index is 1.83. The SMILES string of the molecule is CC1(c2ccc([B]F)cc2)C2C=CC=CC2C2C=CC=CC21. The van der Waals surface area contributed by atoms with Crippen molar-refractivity contribution in [3.8, 4) is 0 Å². The Kier molecular flexibility index (Phi) is 3.21. The van der Waals surface area contributed by atoms with E-state index in [4.69, 9.17) is 0 Å². The van der Waals surface area contributed by atoms with Crippen molar-refractivity contribution in [2.24, 2.45) is 23.7 Å². The molecule has 3 aliphatic rings. The van der Waals surface area contributed by atoms with E-state index in [2.05, 4.69) is 67.7 Å². The van der Waals surface area contributed by atoms with Crippen LogP contribution in [0.1, 0.15) is 12.5 Å². The van der Waals surface area contributed by atoms with Crippen LogP contribution < -0.4 is 5.46 Å². The molecule has 0 spiro atoms. The molecule has 4 unspecified atom stereocenters. The van der Waals surface area contributed by atoms with Crippen molar-refractivity contribution in [3.05, 3.63) is 78.4 Å². The lowest BCUT2D eigenvalue weighted by atomic mass is 9.66. The van der Waals surface area contributed by atoms with E-state index in [0.717, 1.165) is 0 Å². The zero-order chi connectivity index (χ0) is 15.2. The first-order valence-electron chi connectivity index (χ1n) is 7.99. The molecule has 0 heterocycles. The van der Waals surface area contributed by atoms with Gasteiger partial charge in [0, 0.05) is 5.41 Å². The Labute approximate surface area is 132 Å². The molecule has 4 atom stereocenters. The van der Waals surface area contributed by atoms with Gasteiger partial charge in [-0.3, -0.25) is 0 Å². The summed E-state index contributed by atoms with van der Waals surface area (Å²) in [7, 11) is 0.666. The van der Waals surface area contributed by atoms with E-state index >= 15 is 0 Å². The zero-order valence-electron chi connectivity index (χ0n) is 12.7. The summed E-state index contributed by atoms with van der Waals surface area (Å²) < 4.78 is 12.7.